The fourth-order valence-electron chi connectivity index (χ4n) is 3.99. The van der Waals surface area contributed by atoms with Gasteiger partial charge in [0.15, 0.2) is 0 Å². The van der Waals surface area contributed by atoms with Crippen LogP contribution in [0.2, 0.25) is 0 Å². The van der Waals surface area contributed by atoms with Crippen LogP contribution in [0.15, 0.2) is 0 Å². The standard InChI is InChI=1S/C16H31N/c1-16(2,3)10-5-8-13-6-4-7-14-12-17-11-9-15(13)14/h13-15,17H,4-12H2,1-3H3. The van der Waals surface area contributed by atoms with Crippen LogP contribution in [0.4, 0.5) is 0 Å². The highest BCUT2D eigenvalue weighted by Gasteiger charge is 2.34. The molecule has 3 unspecified atom stereocenters. The number of hydrogen-bond donors (Lipinski definition) is 1. The average Bonchev–Trinajstić information content (AvgIpc) is 2.28. The number of hydrogen-bond acceptors (Lipinski definition) is 1. The summed E-state index contributed by atoms with van der Waals surface area (Å²) in [6.45, 7) is 9.71. The van der Waals surface area contributed by atoms with E-state index in [2.05, 4.69) is 26.1 Å². The van der Waals surface area contributed by atoms with Crippen molar-refractivity contribution in [3.63, 3.8) is 0 Å². The van der Waals surface area contributed by atoms with Crippen LogP contribution in [0.1, 0.15) is 65.7 Å². The summed E-state index contributed by atoms with van der Waals surface area (Å²) in [4.78, 5) is 0. The first-order valence-corrected chi connectivity index (χ1v) is 7.77. The molecule has 1 saturated carbocycles. The molecule has 0 bridgehead atoms. The van der Waals surface area contributed by atoms with Gasteiger partial charge in [-0.05, 0) is 55.5 Å². The van der Waals surface area contributed by atoms with Crippen molar-refractivity contribution in [2.75, 3.05) is 13.1 Å². The molecule has 0 aromatic rings. The first-order chi connectivity index (χ1) is 8.06. The van der Waals surface area contributed by atoms with Gasteiger partial charge >= 0.3 is 0 Å². The third-order valence-electron chi connectivity index (χ3n) is 4.92. The SMILES string of the molecule is CC(C)(C)CCCC1CCCC2CNCCC12. The van der Waals surface area contributed by atoms with E-state index in [0.717, 1.165) is 17.8 Å². The Hall–Kier alpha value is -0.0400. The second-order valence-corrected chi connectivity index (χ2v) is 7.56. The fraction of sp³-hybridized carbons (Fsp3) is 1.00. The summed E-state index contributed by atoms with van der Waals surface area (Å²) in [5, 5.41) is 3.58. The van der Waals surface area contributed by atoms with Crippen molar-refractivity contribution in [3.05, 3.63) is 0 Å². The maximum Gasteiger partial charge on any atom is -0.00178 e. The van der Waals surface area contributed by atoms with E-state index in [1.165, 1.54) is 58.0 Å². The summed E-state index contributed by atoms with van der Waals surface area (Å²) in [7, 11) is 0. The highest BCUT2D eigenvalue weighted by molar-refractivity contribution is 4.87. The van der Waals surface area contributed by atoms with Crippen LogP contribution >= 0.6 is 0 Å². The maximum absolute atomic E-state index is 3.58. The van der Waals surface area contributed by atoms with Gasteiger partial charge in [0, 0.05) is 0 Å². The summed E-state index contributed by atoms with van der Waals surface area (Å²) in [5.41, 5.74) is 0.530. The molecule has 1 nitrogen and oxygen atoms in total. The predicted molar refractivity (Wildman–Crippen MR) is 75.1 cm³/mol. The van der Waals surface area contributed by atoms with E-state index in [1.54, 1.807) is 0 Å². The fourth-order valence-corrected chi connectivity index (χ4v) is 3.99. The molecule has 17 heavy (non-hydrogen) atoms. The molecule has 3 atom stereocenters. The molecule has 2 rings (SSSR count). The molecule has 1 saturated heterocycles. The average molecular weight is 237 g/mol. The number of fused-ring (bicyclic) bond motifs is 1. The maximum atomic E-state index is 3.58. The Kier molecular flexibility index (Phi) is 4.52. The van der Waals surface area contributed by atoms with Crippen LogP contribution < -0.4 is 5.32 Å². The van der Waals surface area contributed by atoms with E-state index >= 15 is 0 Å². The summed E-state index contributed by atoms with van der Waals surface area (Å²) in [5.74, 6) is 3.13. The molecule has 0 radical (unpaired) electrons. The van der Waals surface area contributed by atoms with Gasteiger partial charge in [0.1, 0.15) is 0 Å². The lowest BCUT2D eigenvalue weighted by atomic mass is 9.67. The van der Waals surface area contributed by atoms with Crippen LogP contribution in [0.25, 0.3) is 0 Å². The van der Waals surface area contributed by atoms with E-state index in [9.17, 15) is 0 Å². The number of piperidine rings is 1. The zero-order valence-electron chi connectivity index (χ0n) is 12.1. The van der Waals surface area contributed by atoms with Gasteiger partial charge in [0.25, 0.3) is 0 Å². The number of nitrogens with one attached hydrogen (secondary N) is 1. The van der Waals surface area contributed by atoms with Crippen LogP contribution in [0.3, 0.4) is 0 Å². The summed E-state index contributed by atoms with van der Waals surface area (Å²) < 4.78 is 0. The van der Waals surface area contributed by atoms with Gasteiger partial charge in [-0.1, -0.05) is 46.5 Å². The van der Waals surface area contributed by atoms with Crippen molar-refractivity contribution in [1.82, 2.24) is 5.32 Å². The smallest absolute Gasteiger partial charge is 0.00178 e. The molecular weight excluding hydrogens is 206 g/mol. The molecule has 2 fully saturated rings. The topological polar surface area (TPSA) is 12.0 Å². The van der Waals surface area contributed by atoms with Crippen LogP contribution in [-0.4, -0.2) is 13.1 Å². The Labute approximate surface area is 108 Å². The van der Waals surface area contributed by atoms with Gasteiger partial charge in [0.2, 0.25) is 0 Å². The van der Waals surface area contributed by atoms with Crippen molar-refractivity contribution in [2.24, 2.45) is 23.2 Å². The van der Waals surface area contributed by atoms with Gasteiger partial charge < -0.3 is 5.32 Å². The normalized spacial score (nSPS) is 34.4. The van der Waals surface area contributed by atoms with E-state index in [4.69, 9.17) is 0 Å². The van der Waals surface area contributed by atoms with E-state index in [1.807, 2.05) is 0 Å². The Balaban J connectivity index is 1.78. The minimum Gasteiger partial charge on any atom is -0.316 e. The molecule has 1 N–H and O–H groups in total. The first kappa shape index (κ1) is 13.4. The minimum absolute atomic E-state index is 0.530. The molecule has 1 aliphatic heterocycles. The second kappa shape index (κ2) is 5.73. The summed E-state index contributed by atoms with van der Waals surface area (Å²) in [6.07, 6.45) is 10.3. The molecule has 1 heteroatoms. The van der Waals surface area contributed by atoms with Gasteiger partial charge in [-0.15, -0.1) is 0 Å². The summed E-state index contributed by atoms with van der Waals surface area (Å²) in [6, 6.07) is 0. The molecular formula is C16H31N. The molecule has 2 aliphatic rings. The summed E-state index contributed by atoms with van der Waals surface area (Å²) >= 11 is 0. The molecule has 0 aromatic heterocycles. The molecule has 100 valence electrons. The van der Waals surface area contributed by atoms with Crippen molar-refractivity contribution >= 4 is 0 Å². The van der Waals surface area contributed by atoms with Crippen LogP contribution in [-0.2, 0) is 0 Å². The van der Waals surface area contributed by atoms with Crippen molar-refractivity contribution < 1.29 is 0 Å². The van der Waals surface area contributed by atoms with Crippen LogP contribution in [0.5, 0.6) is 0 Å². The highest BCUT2D eigenvalue weighted by Crippen LogP contribution is 2.41. The Morgan fingerprint density at radius 3 is 2.71 bits per heavy atom. The third-order valence-corrected chi connectivity index (χ3v) is 4.92. The van der Waals surface area contributed by atoms with Crippen molar-refractivity contribution in [3.8, 4) is 0 Å². The lowest BCUT2D eigenvalue weighted by Gasteiger charge is -2.42. The van der Waals surface area contributed by atoms with Gasteiger partial charge in [-0.3, -0.25) is 0 Å². The molecule has 0 spiro atoms. The van der Waals surface area contributed by atoms with Crippen molar-refractivity contribution in [2.45, 2.75) is 65.7 Å². The molecule has 0 amide bonds. The minimum atomic E-state index is 0.530. The quantitative estimate of drug-likeness (QED) is 0.774. The predicted octanol–water partition coefficient (Wildman–Crippen LogP) is 4.23. The van der Waals surface area contributed by atoms with Crippen molar-refractivity contribution in [1.29, 1.82) is 0 Å². The largest absolute Gasteiger partial charge is 0.316 e. The van der Waals surface area contributed by atoms with Gasteiger partial charge in [-0.2, -0.15) is 0 Å². The third kappa shape index (κ3) is 3.98. The highest BCUT2D eigenvalue weighted by atomic mass is 14.9. The van der Waals surface area contributed by atoms with E-state index in [-0.39, 0.29) is 0 Å². The second-order valence-electron chi connectivity index (χ2n) is 7.56. The zero-order chi connectivity index (χ0) is 12.3. The molecule has 1 heterocycles. The van der Waals surface area contributed by atoms with E-state index < -0.39 is 0 Å². The lowest BCUT2D eigenvalue weighted by molar-refractivity contribution is 0.105. The van der Waals surface area contributed by atoms with Gasteiger partial charge in [-0.25, -0.2) is 0 Å². The molecule has 0 aromatic carbocycles. The zero-order valence-corrected chi connectivity index (χ0v) is 12.1. The first-order valence-electron chi connectivity index (χ1n) is 7.77. The number of rotatable bonds is 3. The molecule has 1 aliphatic carbocycles. The lowest BCUT2D eigenvalue weighted by Crippen LogP contribution is -2.42. The van der Waals surface area contributed by atoms with Gasteiger partial charge in [0.05, 0.1) is 0 Å². The van der Waals surface area contributed by atoms with Crippen LogP contribution in [0, 0.1) is 23.2 Å². The Bertz CT molecular complexity index is 226. The monoisotopic (exact) mass is 237 g/mol. The van der Waals surface area contributed by atoms with E-state index in [0.29, 0.717) is 5.41 Å². The Morgan fingerprint density at radius 1 is 1.12 bits per heavy atom. The Morgan fingerprint density at radius 2 is 1.94 bits per heavy atom.